The summed E-state index contributed by atoms with van der Waals surface area (Å²) < 4.78 is 17.0. The second-order valence-corrected chi connectivity index (χ2v) is 9.61. The molecule has 9 atom stereocenters. The molecular weight excluding hydrogens is 412 g/mol. The first-order valence-corrected chi connectivity index (χ1v) is 10.8. The average Bonchev–Trinajstić information content (AvgIpc) is 2.94. The van der Waals surface area contributed by atoms with Crippen molar-refractivity contribution in [1.29, 1.82) is 0 Å². The van der Waals surface area contributed by atoms with E-state index in [1.54, 1.807) is 13.8 Å². The van der Waals surface area contributed by atoms with E-state index >= 15 is 0 Å². The average molecular weight is 446 g/mol. The summed E-state index contributed by atoms with van der Waals surface area (Å²) in [6, 6.07) is 0. The van der Waals surface area contributed by atoms with Gasteiger partial charge in [0.1, 0.15) is 35.8 Å². The third-order valence-electron chi connectivity index (χ3n) is 7.36. The maximum Gasteiger partial charge on any atom is 0.306 e. The lowest BCUT2D eigenvalue weighted by atomic mass is 9.74. The SMILES string of the molecule is CC(=O)[C@@H]1C[C@H](C(C)(C)O[C@@H]2O[C@H](CO)[C@@H](O)[C@H](O)[C@H]2O)CC[C@@]2(CO)OC(=O)C[C@@H]12. The van der Waals surface area contributed by atoms with Crippen LogP contribution in [-0.2, 0) is 23.8 Å². The number of aliphatic hydroxyl groups excluding tert-OH is 5. The summed E-state index contributed by atoms with van der Waals surface area (Å²) in [5.74, 6) is -1.67. The van der Waals surface area contributed by atoms with Crippen molar-refractivity contribution in [1.82, 2.24) is 0 Å². The van der Waals surface area contributed by atoms with Crippen molar-refractivity contribution < 1.29 is 49.3 Å². The third kappa shape index (κ3) is 4.52. The molecule has 10 nitrogen and oxygen atoms in total. The van der Waals surface area contributed by atoms with Crippen molar-refractivity contribution in [2.45, 2.75) is 88.4 Å². The molecular formula is C21H34O10. The van der Waals surface area contributed by atoms with Crippen LogP contribution < -0.4 is 0 Å². The van der Waals surface area contributed by atoms with Crippen molar-refractivity contribution >= 4 is 11.8 Å². The first-order valence-electron chi connectivity index (χ1n) is 10.8. The van der Waals surface area contributed by atoms with Crippen LogP contribution in [-0.4, -0.2) is 92.4 Å². The second kappa shape index (κ2) is 9.01. The van der Waals surface area contributed by atoms with Gasteiger partial charge in [-0.25, -0.2) is 0 Å². The Morgan fingerprint density at radius 2 is 1.87 bits per heavy atom. The van der Waals surface area contributed by atoms with Crippen LogP contribution in [0.15, 0.2) is 0 Å². The molecule has 0 radical (unpaired) electrons. The van der Waals surface area contributed by atoms with Crippen molar-refractivity contribution in [3.05, 3.63) is 0 Å². The minimum absolute atomic E-state index is 0.0749. The highest BCUT2D eigenvalue weighted by atomic mass is 16.7. The Morgan fingerprint density at radius 3 is 2.45 bits per heavy atom. The van der Waals surface area contributed by atoms with Crippen LogP contribution in [0.2, 0.25) is 0 Å². The molecule has 0 spiro atoms. The van der Waals surface area contributed by atoms with Crippen LogP contribution in [0.5, 0.6) is 0 Å². The van der Waals surface area contributed by atoms with E-state index in [4.69, 9.17) is 14.2 Å². The maximum absolute atomic E-state index is 12.5. The summed E-state index contributed by atoms with van der Waals surface area (Å²) >= 11 is 0. The topological polar surface area (TPSA) is 163 Å². The van der Waals surface area contributed by atoms with E-state index in [1.807, 2.05) is 0 Å². The molecule has 31 heavy (non-hydrogen) atoms. The van der Waals surface area contributed by atoms with Gasteiger partial charge in [0, 0.05) is 11.8 Å². The zero-order valence-electron chi connectivity index (χ0n) is 18.1. The highest BCUT2D eigenvalue weighted by Crippen LogP contribution is 2.50. The van der Waals surface area contributed by atoms with Crippen LogP contribution in [0.25, 0.3) is 0 Å². The Morgan fingerprint density at radius 1 is 1.19 bits per heavy atom. The number of rotatable bonds is 6. The molecule has 10 heteroatoms. The van der Waals surface area contributed by atoms with E-state index in [2.05, 4.69) is 0 Å². The summed E-state index contributed by atoms with van der Waals surface area (Å²) in [5, 5.41) is 49.8. The number of hydrogen-bond acceptors (Lipinski definition) is 10. The van der Waals surface area contributed by atoms with E-state index in [1.165, 1.54) is 6.92 Å². The lowest BCUT2D eigenvalue weighted by Gasteiger charge is -2.44. The lowest BCUT2D eigenvalue weighted by molar-refractivity contribution is -0.329. The van der Waals surface area contributed by atoms with Gasteiger partial charge in [0.25, 0.3) is 0 Å². The van der Waals surface area contributed by atoms with Gasteiger partial charge in [0.05, 0.1) is 25.2 Å². The van der Waals surface area contributed by atoms with Crippen molar-refractivity contribution in [2.75, 3.05) is 13.2 Å². The molecule has 3 rings (SSSR count). The van der Waals surface area contributed by atoms with Gasteiger partial charge >= 0.3 is 5.97 Å². The maximum atomic E-state index is 12.5. The molecule has 0 bridgehead atoms. The molecule has 5 N–H and O–H groups in total. The van der Waals surface area contributed by atoms with Crippen molar-refractivity contribution in [3.8, 4) is 0 Å². The number of carbonyl (C=O) groups excluding carboxylic acids is 2. The fraction of sp³-hybridized carbons (Fsp3) is 0.905. The number of hydrogen-bond donors (Lipinski definition) is 5. The number of Topliss-reactive ketones (excluding diaryl/α,β-unsaturated/α-hetero) is 1. The summed E-state index contributed by atoms with van der Waals surface area (Å²) in [5.41, 5.74) is -2.04. The van der Waals surface area contributed by atoms with Crippen LogP contribution in [0.1, 0.15) is 46.5 Å². The van der Waals surface area contributed by atoms with E-state index in [0.717, 1.165) is 0 Å². The highest BCUT2D eigenvalue weighted by molar-refractivity contribution is 5.81. The smallest absolute Gasteiger partial charge is 0.306 e. The van der Waals surface area contributed by atoms with Crippen molar-refractivity contribution in [3.63, 3.8) is 0 Å². The molecule has 0 unspecified atom stereocenters. The molecule has 2 heterocycles. The minimum Gasteiger partial charge on any atom is -0.456 e. The Hall–Kier alpha value is -1.14. The van der Waals surface area contributed by atoms with E-state index in [0.29, 0.717) is 19.3 Å². The normalized spacial score (nSPS) is 43.8. The first kappa shape index (κ1) is 24.5. The van der Waals surface area contributed by atoms with Gasteiger partial charge in [-0.05, 0) is 46.0 Å². The van der Waals surface area contributed by atoms with Crippen molar-refractivity contribution in [2.24, 2.45) is 17.8 Å². The largest absolute Gasteiger partial charge is 0.456 e. The summed E-state index contributed by atoms with van der Waals surface area (Å²) in [4.78, 5) is 24.5. The molecule has 0 aromatic carbocycles. The van der Waals surface area contributed by atoms with Gasteiger partial charge in [-0.1, -0.05) is 0 Å². The third-order valence-corrected chi connectivity index (χ3v) is 7.36. The van der Waals surface area contributed by atoms with E-state index < -0.39 is 66.3 Å². The molecule has 2 aliphatic heterocycles. The number of ketones is 1. The molecule has 3 fully saturated rings. The molecule has 1 aliphatic carbocycles. The number of carbonyl (C=O) groups is 2. The quantitative estimate of drug-likeness (QED) is 0.316. The minimum atomic E-state index is -1.55. The molecule has 178 valence electrons. The van der Waals surface area contributed by atoms with Gasteiger partial charge in [0.15, 0.2) is 6.29 Å². The number of esters is 1. The number of aliphatic hydroxyl groups is 5. The molecule has 3 aliphatic rings. The lowest BCUT2D eigenvalue weighted by Crippen LogP contribution is -2.60. The Labute approximate surface area is 181 Å². The van der Waals surface area contributed by atoms with Crippen LogP contribution in [0, 0.1) is 17.8 Å². The predicted molar refractivity (Wildman–Crippen MR) is 104 cm³/mol. The molecule has 0 aromatic heterocycles. The number of fused-ring (bicyclic) bond motifs is 1. The monoisotopic (exact) mass is 446 g/mol. The summed E-state index contributed by atoms with van der Waals surface area (Å²) in [6.07, 6.45) is -5.65. The Kier molecular flexibility index (Phi) is 7.12. The van der Waals surface area contributed by atoms with Gasteiger partial charge in [0.2, 0.25) is 0 Å². The Bertz CT molecular complexity index is 679. The zero-order chi connectivity index (χ0) is 23.1. The van der Waals surface area contributed by atoms with E-state index in [-0.39, 0.29) is 24.7 Å². The van der Waals surface area contributed by atoms with Gasteiger partial charge in [-0.2, -0.15) is 0 Å². The molecule has 1 saturated carbocycles. The highest BCUT2D eigenvalue weighted by Gasteiger charge is 2.57. The fourth-order valence-corrected chi connectivity index (χ4v) is 5.33. The van der Waals surface area contributed by atoms with E-state index in [9.17, 15) is 35.1 Å². The first-order chi connectivity index (χ1) is 14.5. The summed E-state index contributed by atoms with van der Waals surface area (Å²) in [7, 11) is 0. The zero-order valence-corrected chi connectivity index (χ0v) is 18.1. The van der Waals surface area contributed by atoms with Crippen LogP contribution in [0.4, 0.5) is 0 Å². The predicted octanol–water partition coefficient (Wildman–Crippen LogP) is -1.12. The fourth-order valence-electron chi connectivity index (χ4n) is 5.33. The molecule has 0 amide bonds. The van der Waals surface area contributed by atoms with Gasteiger partial charge in [-0.3, -0.25) is 9.59 Å². The molecule has 0 aromatic rings. The Balaban J connectivity index is 1.81. The van der Waals surface area contributed by atoms with Crippen LogP contribution in [0.3, 0.4) is 0 Å². The van der Waals surface area contributed by atoms with Gasteiger partial charge in [-0.15, -0.1) is 0 Å². The van der Waals surface area contributed by atoms with Gasteiger partial charge < -0.3 is 39.7 Å². The second-order valence-electron chi connectivity index (χ2n) is 9.61. The standard InChI is InChI=1S/C21H34O10/c1-10(24)12-6-11(4-5-21(9-23)13(12)7-15(25)30-21)20(2,3)31-19-18(28)17(27)16(26)14(8-22)29-19/h11-14,16-19,22-23,26-28H,4-9H2,1-3H3/t11-,12+,13+,14-,16-,17+,18-,19+,21+/m1/s1. The van der Waals surface area contributed by atoms with Crippen LogP contribution >= 0.6 is 0 Å². The molecule has 2 saturated heterocycles. The number of ether oxygens (including phenoxy) is 3. The summed E-state index contributed by atoms with van der Waals surface area (Å²) in [6.45, 7) is 4.08.